The van der Waals surface area contributed by atoms with Gasteiger partial charge in [0.15, 0.2) is 11.5 Å². The molecule has 4 rings (SSSR count). The number of amides is 2. The molecule has 0 atom stereocenters. The number of nitrogens with one attached hydrogen (secondary N) is 2. The van der Waals surface area contributed by atoms with E-state index in [0.29, 0.717) is 10.6 Å². The number of carbonyl (C=O) groups is 2. The van der Waals surface area contributed by atoms with Crippen LogP contribution in [0.2, 0.25) is 10.0 Å². The van der Waals surface area contributed by atoms with Gasteiger partial charge < -0.3 is 10.6 Å². The molecule has 0 saturated heterocycles. The summed E-state index contributed by atoms with van der Waals surface area (Å²) in [6, 6.07) is 7.44. The topological polar surface area (TPSA) is 120 Å². The van der Waals surface area contributed by atoms with Crippen LogP contribution >= 0.6 is 23.2 Å². The molecule has 2 amide bonds. The molecule has 0 bridgehead atoms. The van der Waals surface area contributed by atoms with Crippen molar-refractivity contribution in [1.82, 2.24) is 35.1 Å². The minimum atomic E-state index is -4.66. The molecule has 37 heavy (non-hydrogen) atoms. The lowest BCUT2D eigenvalue weighted by atomic mass is 10.1. The van der Waals surface area contributed by atoms with Crippen LogP contribution in [-0.4, -0.2) is 48.6 Å². The van der Waals surface area contributed by atoms with E-state index in [1.54, 1.807) is 19.1 Å². The summed E-state index contributed by atoms with van der Waals surface area (Å²) >= 11 is 12.4. The highest BCUT2D eigenvalue weighted by Crippen LogP contribution is 2.28. The molecule has 3 aromatic heterocycles. The van der Waals surface area contributed by atoms with Gasteiger partial charge in [0, 0.05) is 18.3 Å². The van der Waals surface area contributed by atoms with E-state index in [4.69, 9.17) is 23.2 Å². The zero-order valence-electron chi connectivity index (χ0n) is 19.1. The molecule has 0 fully saturated rings. The van der Waals surface area contributed by atoms with Gasteiger partial charge in [-0.05, 0) is 42.8 Å². The predicted octanol–water partition coefficient (Wildman–Crippen LogP) is 4.15. The van der Waals surface area contributed by atoms with Crippen LogP contribution in [-0.2, 0) is 12.7 Å². The smallest absolute Gasteiger partial charge is 0.355 e. The van der Waals surface area contributed by atoms with Gasteiger partial charge in [-0.1, -0.05) is 28.4 Å². The number of aromatic nitrogens is 6. The first-order chi connectivity index (χ1) is 17.5. The third-order valence-corrected chi connectivity index (χ3v) is 5.61. The van der Waals surface area contributed by atoms with Gasteiger partial charge in [0.1, 0.15) is 5.69 Å². The largest absolute Gasteiger partial charge is 0.436 e. The van der Waals surface area contributed by atoms with Crippen LogP contribution in [0, 0.1) is 6.92 Å². The van der Waals surface area contributed by atoms with E-state index in [1.165, 1.54) is 31.4 Å². The molecule has 1 aromatic carbocycles. The van der Waals surface area contributed by atoms with Crippen molar-refractivity contribution in [2.75, 3.05) is 12.4 Å². The van der Waals surface area contributed by atoms with Crippen molar-refractivity contribution in [2.45, 2.75) is 19.6 Å². The number of carbonyl (C=O) groups excluding carboxylic acids is 2. The van der Waals surface area contributed by atoms with Gasteiger partial charge in [0.25, 0.3) is 11.8 Å². The Morgan fingerprint density at radius 1 is 1.14 bits per heavy atom. The SMILES string of the molecule is CNC(=O)c1cc(Cl)cc(C)c1NC(=O)c1cc(Cn2cc(C(F)(F)F)nn2)nn1-c1ncccc1Cl. The highest BCUT2D eigenvalue weighted by molar-refractivity contribution is 6.32. The van der Waals surface area contributed by atoms with E-state index in [2.05, 4.69) is 31.0 Å². The van der Waals surface area contributed by atoms with Crippen molar-refractivity contribution in [3.05, 3.63) is 81.0 Å². The van der Waals surface area contributed by atoms with Gasteiger partial charge >= 0.3 is 6.18 Å². The zero-order valence-corrected chi connectivity index (χ0v) is 20.7. The van der Waals surface area contributed by atoms with Gasteiger partial charge in [-0.2, -0.15) is 18.3 Å². The van der Waals surface area contributed by atoms with Crippen LogP contribution in [0.4, 0.5) is 18.9 Å². The lowest BCUT2D eigenvalue weighted by molar-refractivity contribution is -0.141. The maximum Gasteiger partial charge on any atom is 0.436 e. The number of rotatable bonds is 6. The van der Waals surface area contributed by atoms with Gasteiger partial charge in [-0.3, -0.25) is 9.59 Å². The first kappa shape index (κ1) is 26.1. The van der Waals surface area contributed by atoms with E-state index >= 15 is 0 Å². The van der Waals surface area contributed by atoms with Crippen molar-refractivity contribution >= 4 is 40.7 Å². The highest BCUT2D eigenvalue weighted by Gasteiger charge is 2.34. The van der Waals surface area contributed by atoms with Gasteiger partial charge in [0.2, 0.25) is 0 Å². The van der Waals surface area contributed by atoms with Crippen molar-refractivity contribution < 1.29 is 22.8 Å². The quantitative estimate of drug-likeness (QED) is 0.370. The molecule has 0 saturated carbocycles. The fraction of sp³-hybridized carbons (Fsp3) is 0.182. The molecule has 15 heteroatoms. The number of pyridine rings is 1. The van der Waals surface area contributed by atoms with Crippen LogP contribution in [0.5, 0.6) is 0 Å². The molecular formula is C22H17Cl2F3N8O2. The third-order valence-electron chi connectivity index (χ3n) is 5.10. The van der Waals surface area contributed by atoms with E-state index in [9.17, 15) is 22.8 Å². The first-order valence-corrected chi connectivity index (χ1v) is 11.2. The van der Waals surface area contributed by atoms with E-state index in [1.807, 2.05) is 0 Å². The van der Waals surface area contributed by atoms with E-state index < -0.39 is 23.7 Å². The summed E-state index contributed by atoms with van der Waals surface area (Å²) in [5.41, 5.74) is -0.193. The fourth-order valence-electron chi connectivity index (χ4n) is 3.44. The Kier molecular flexibility index (Phi) is 7.18. The summed E-state index contributed by atoms with van der Waals surface area (Å²) in [6.07, 6.45) is -2.51. The number of hydrogen-bond donors (Lipinski definition) is 2. The van der Waals surface area contributed by atoms with Crippen molar-refractivity contribution in [1.29, 1.82) is 0 Å². The van der Waals surface area contributed by atoms with E-state index in [0.717, 1.165) is 15.6 Å². The Labute approximate surface area is 217 Å². The maximum atomic E-state index is 13.4. The molecule has 0 radical (unpaired) electrons. The van der Waals surface area contributed by atoms with Crippen molar-refractivity contribution in [2.24, 2.45) is 0 Å². The second-order valence-electron chi connectivity index (χ2n) is 7.72. The maximum absolute atomic E-state index is 13.4. The van der Waals surface area contributed by atoms with Crippen LogP contribution in [0.1, 0.15) is 37.8 Å². The van der Waals surface area contributed by atoms with Crippen molar-refractivity contribution in [3.63, 3.8) is 0 Å². The number of anilines is 1. The number of hydrogen-bond acceptors (Lipinski definition) is 6. The second kappa shape index (κ2) is 10.2. The number of aryl methyl sites for hydroxylation is 1. The Balaban J connectivity index is 1.75. The predicted molar refractivity (Wildman–Crippen MR) is 128 cm³/mol. The average molecular weight is 553 g/mol. The molecule has 2 N–H and O–H groups in total. The Bertz CT molecular complexity index is 1500. The first-order valence-electron chi connectivity index (χ1n) is 10.5. The molecule has 192 valence electrons. The summed E-state index contributed by atoms with van der Waals surface area (Å²) in [5, 5.41) is 16.6. The molecule has 0 aliphatic carbocycles. The summed E-state index contributed by atoms with van der Waals surface area (Å²) in [7, 11) is 1.43. The molecule has 0 aliphatic heterocycles. The molecule has 10 nitrogen and oxygen atoms in total. The summed E-state index contributed by atoms with van der Waals surface area (Å²) in [6.45, 7) is 1.43. The summed E-state index contributed by atoms with van der Waals surface area (Å²) in [5.74, 6) is -1.06. The standard InChI is InChI=1S/C22H17Cl2F3N8O2/c1-11-6-12(23)7-14(20(36)28-2)18(11)30-21(37)16-8-13(9-34-10-17(31-33-34)22(25,26)27)32-35(16)19-15(24)4-3-5-29-19/h3-8,10H,9H2,1-2H3,(H,28,36)(H,30,37). The van der Waals surface area contributed by atoms with E-state index in [-0.39, 0.29) is 40.0 Å². The summed E-state index contributed by atoms with van der Waals surface area (Å²) in [4.78, 5) is 30.0. The Morgan fingerprint density at radius 3 is 2.54 bits per heavy atom. The number of benzene rings is 1. The van der Waals surface area contributed by atoms with Gasteiger partial charge in [-0.25, -0.2) is 14.3 Å². The van der Waals surface area contributed by atoms with Crippen molar-refractivity contribution in [3.8, 4) is 5.82 Å². The lowest BCUT2D eigenvalue weighted by Gasteiger charge is -2.14. The normalized spacial score (nSPS) is 11.4. The molecule has 4 aromatic rings. The highest BCUT2D eigenvalue weighted by atomic mass is 35.5. The van der Waals surface area contributed by atoms with Crippen LogP contribution < -0.4 is 10.6 Å². The van der Waals surface area contributed by atoms with Crippen LogP contribution in [0.25, 0.3) is 5.82 Å². The molecule has 3 heterocycles. The summed E-state index contributed by atoms with van der Waals surface area (Å²) < 4.78 is 40.8. The number of alkyl halides is 3. The third kappa shape index (κ3) is 5.57. The Hall–Kier alpha value is -3.97. The Morgan fingerprint density at radius 2 is 1.89 bits per heavy atom. The fourth-order valence-corrected chi connectivity index (χ4v) is 3.91. The molecule has 0 spiro atoms. The zero-order chi connectivity index (χ0) is 26.9. The molecular weight excluding hydrogens is 536 g/mol. The minimum absolute atomic E-state index is 0.0519. The average Bonchev–Trinajstić information content (AvgIpc) is 3.48. The second-order valence-corrected chi connectivity index (χ2v) is 8.56. The van der Waals surface area contributed by atoms with Crippen LogP contribution in [0.3, 0.4) is 0 Å². The molecule has 0 unspecified atom stereocenters. The minimum Gasteiger partial charge on any atom is -0.355 e. The van der Waals surface area contributed by atoms with Gasteiger partial charge in [-0.15, -0.1) is 5.10 Å². The van der Waals surface area contributed by atoms with Gasteiger partial charge in [0.05, 0.1) is 34.7 Å². The lowest BCUT2D eigenvalue weighted by Crippen LogP contribution is -2.23. The van der Waals surface area contributed by atoms with Crippen LogP contribution in [0.15, 0.2) is 42.7 Å². The number of halogens is 5. The monoisotopic (exact) mass is 552 g/mol. The number of nitrogens with zero attached hydrogens (tertiary/aromatic N) is 6. The molecule has 0 aliphatic rings.